The Balaban J connectivity index is 1.25. The Hall–Kier alpha value is -4.30. The normalized spacial score (nSPS) is 11.3. The standard InChI is InChI=1S/C28H28N6O2/c1-21-24(11-5-13-26(21)34-27-25(31-32-34)12-6-15-29-27)28(35)30-16-18-33(20-23-10-7-19-36-23)17-14-22-8-3-2-4-9-22/h2-13,15,19H,14,16-18,20H2,1H3,(H,30,35). The van der Waals surface area contributed by atoms with E-state index >= 15 is 0 Å². The summed E-state index contributed by atoms with van der Waals surface area (Å²) in [6.45, 7) is 4.70. The minimum atomic E-state index is -0.118. The highest BCUT2D eigenvalue weighted by atomic mass is 16.3. The fraction of sp³-hybridized carbons (Fsp3) is 0.214. The summed E-state index contributed by atoms with van der Waals surface area (Å²) in [7, 11) is 0. The molecule has 0 aliphatic carbocycles. The average Bonchev–Trinajstić information content (AvgIpc) is 3.58. The summed E-state index contributed by atoms with van der Waals surface area (Å²) in [4.78, 5) is 19.8. The van der Waals surface area contributed by atoms with Crippen LogP contribution in [0.5, 0.6) is 0 Å². The molecule has 8 nitrogen and oxygen atoms in total. The van der Waals surface area contributed by atoms with Gasteiger partial charge in [-0.25, -0.2) is 4.98 Å². The van der Waals surface area contributed by atoms with Gasteiger partial charge in [0.05, 0.1) is 18.5 Å². The molecule has 1 amide bonds. The summed E-state index contributed by atoms with van der Waals surface area (Å²) < 4.78 is 7.24. The molecule has 0 spiro atoms. The molecule has 0 saturated carbocycles. The summed E-state index contributed by atoms with van der Waals surface area (Å²) in [5, 5.41) is 11.5. The number of hydrogen-bond donors (Lipinski definition) is 1. The highest BCUT2D eigenvalue weighted by Crippen LogP contribution is 2.20. The molecule has 0 radical (unpaired) electrons. The van der Waals surface area contributed by atoms with Crippen molar-refractivity contribution in [1.29, 1.82) is 0 Å². The molecule has 1 N–H and O–H groups in total. The van der Waals surface area contributed by atoms with Gasteiger partial charge in [0.15, 0.2) is 5.65 Å². The summed E-state index contributed by atoms with van der Waals surface area (Å²) in [6, 6.07) is 23.6. The van der Waals surface area contributed by atoms with Crippen molar-refractivity contribution < 1.29 is 9.21 Å². The number of hydrogen-bond acceptors (Lipinski definition) is 6. The molecule has 0 unspecified atom stereocenters. The molecule has 2 aromatic carbocycles. The number of amides is 1. The molecule has 0 saturated heterocycles. The van der Waals surface area contributed by atoms with E-state index in [9.17, 15) is 4.79 Å². The van der Waals surface area contributed by atoms with Crippen LogP contribution in [0.2, 0.25) is 0 Å². The van der Waals surface area contributed by atoms with E-state index in [0.29, 0.717) is 36.4 Å². The first-order chi connectivity index (χ1) is 17.7. The van der Waals surface area contributed by atoms with Gasteiger partial charge in [0.1, 0.15) is 11.3 Å². The molecule has 3 aromatic heterocycles. The first-order valence-electron chi connectivity index (χ1n) is 12.0. The fourth-order valence-corrected chi connectivity index (χ4v) is 4.27. The Bertz CT molecular complexity index is 1430. The van der Waals surface area contributed by atoms with Gasteiger partial charge in [0.2, 0.25) is 0 Å². The number of rotatable bonds is 10. The molecule has 0 fully saturated rings. The van der Waals surface area contributed by atoms with Gasteiger partial charge in [0, 0.05) is 31.4 Å². The van der Waals surface area contributed by atoms with Crippen LogP contribution in [0.4, 0.5) is 0 Å². The Morgan fingerprint density at radius 1 is 1.00 bits per heavy atom. The molecule has 0 bridgehead atoms. The van der Waals surface area contributed by atoms with E-state index in [-0.39, 0.29) is 5.91 Å². The Morgan fingerprint density at radius 2 is 1.89 bits per heavy atom. The van der Waals surface area contributed by atoms with Crippen LogP contribution in [0.25, 0.3) is 16.9 Å². The molecular formula is C28H28N6O2. The van der Waals surface area contributed by atoms with E-state index in [1.54, 1.807) is 17.1 Å². The Kier molecular flexibility index (Phi) is 7.14. The maximum absolute atomic E-state index is 13.1. The van der Waals surface area contributed by atoms with Crippen LogP contribution >= 0.6 is 0 Å². The third kappa shape index (κ3) is 5.34. The van der Waals surface area contributed by atoms with Crippen LogP contribution in [0.3, 0.4) is 0 Å². The lowest BCUT2D eigenvalue weighted by atomic mass is 10.1. The third-order valence-electron chi connectivity index (χ3n) is 6.22. The highest BCUT2D eigenvalue weighted by Gasteiger charge is 2.16. The molecule has 36 heavy (non-hydrogen) atoms. The molecule has 3 heterocycles. The second-order valence-corrected chi connectivity index (χ2v) is 8.64. The SMILES string of the molecule is Cc1c(C(=O)NCCN(CCc2ccccc2)Cc2ccco2)cccc1-n1nnc2cccnc21. The van der Waals surface area contributed by atoms with Crippen LogP contribution < -0.4 is 5.32 Å². The van der Waals surface area contributed by atoms with Gasteiger partial charge < -0.3 is 9.73 Å². The molecule has 182 valence electrons. The monoisotopic (exact) mass is 480 g/mol. The van der Waals surface area contributed by atoms with Crippen LogP contribution in [0.1, 0.15) is 27.2 Å². The van der Waals surface area contributed by atoms with Crippen molar-refractivity contribution >= 4 is 17.1 Å². The van der Waals surface area contributed by atoms with E-state index in [4.69, 9.17) is 4.42 Å². The van der Waals surface area contributed by atoms with Crippen molar-refractivity contribution in [3.63, 3.8) is 0 Å². The van der Waals surface area contributed by atoms with Crippen molar-refractivity contribution in [2.24, 2.45) is 0 Å². The second-order valence-electron chi connectivity index (χ2n) is 8.64. The van der Waals surface area contributed by atoms with Gasteiger partial charge in [-0.2, -0.15) is 4.68 Å². The van der Waals surface area contributed by atoms with E-state index in [2.05, 4.69) is 49.8 Å². The smallest absolute Gasteiger partial charge is 0.251 e. The number of carbonyl (C=O) groups excluding carboxylic acids is 1. The number of carbonyl (C=O) groups is 1. The topological polar surface area (TPSA) is 89.1 Å². The summed E-state index contributed by atoms with van der Waals surface area (Å²) in [5.74, 6) is 0.791. The van der Waals surface area contributed by atoms with Crippen molar-refractivity contribution in [3.05, 3.63) is 108 Å². The van der Waals surface area contributed by atoms with E-state index < -0.39 is 0 Å². The number of furan rings is 1. The molecule has 0 aliphatic rings. The zero-order chi connectivity index (χ0) is 24.7. The van der Waals surface area contributed by atoms with E-state index in [1.807, 2.05) is 55.5 Å². The van der Waals surface area contributed by atoms with Crippen LogP contribution in [0.15, 0.2) is 89.7 Å². The minimum absolute atomic E-state index is 0.118. The molecule has 5 rings (SSSR count). The second kappa shape index (κ2) is 11.0. The van der Waals surface area contributed by atoms with E-state index in [1.165, 1.54) is 5.56 Å². The molecule has 8 heteroatoms. The number of aromatic nitrogens is 4. The maximum atomic E-state index is 13.1. The predicted octanol–water partition coefficient (Wildman–Crippen LogP) is 4.19. The van der Waals surface area contributed by atoms with Crippen molar-refractivity contribution in [3.8, 4) is 5.69 Å². The van der Waals surface area contributed by atoms with Crippen molar-refractivity contribution in [2.75, 3.05) is 19.6 Å². The molecule has 0 aliphatic heterocycles. The number of pyridine rings is 1. The first kappa shape index (κ1) is 23.4. The Labute approximate surface area is 209 Å². The Morgan fingerprint density at radius 3 is 2.72 bits per heavy atom. The predicted molar refractivity (Wildman–Crippen MR) is 138 cm³/mol. The average molecular weight is 481 g/mol. The number of nitrogens with zero attached hydrogens (tertiary/aromatic N) is 5. The van der Waals surface area contributed by atoms with E-state index in [0.717, 1.165) is 30.0 Å². The van der Waals surface area contributed by atoms with Crippen molar-refractivity contribution in [2.45, 2.75) is 19.9 Å². The quantitative estimate of drug-likeness (QED) is 0.322. The van der Waals surface area contributed by atoms with Gasteiger partial charge in [-0.1, -0.05) is 41.6 Å². The van der Waals surface area contributed by atoms with Gasteiger partial charge in [0.25, 0.3) is 5.91 Å². The van der Waals surface area contributed by atoms with Gasteiger partial charge >= 0.3 is 0 Å². The van der Waals surface area contributed by atoms with Gasteiger partial charge in [-0.3, -0.25) is 9.69 Å². The minimum Gasteiger partial charge on any atom is -0.468 e. The number of benzene rings is 2. The highest BCUT2D eigenvalue weighted by molar-refractivity contribution is 5.96. The lowest BCUT2D eigenvalue weighted by Gasteiger charge is -2.22. The summed E-state index contributed by atoms with van der Waals surface area (Å²) >= 11 is 0. The molecule has 0 atom stereocenters. The zero-order valence-electron chi connectivity index (χ0n) is 20.2. The molecular weight excluding hydrogens is 452 g/mol. The van der Waals surface area contributed by atoms with Gasteiger partial charge in [-0.05, 0) is 60.9 Å². The largest absolute Gasteiger partial charge is 0.468 e. The third-order valence-corrected chi connectivity index (χ3v) is 6.22. The van der Waals surface area contributed by atoms with Gasteiger partial charge in [-0.15, -0.1) is 5.10 Å². The van der Waals surface area contributed by atoms with Crippen LogP contribution in [0, 0.1) is 6.92 Å². The van der Waals surface area contributed by atoms with Crippen molar-refractivity contribution in [1.82, 2.24) is 30.2 Å². The fourth-order valence-electron chi connectivity index (χ4n) is 4.27. The van der Waals surface area contributed by atoms with Crippen LogP contribution in [-0.4, -0.2) is 50.4 Å². The zero-order valence-corrected chi connectivity index (χ0v) is 20.2. The maximum Gasteiger partial charge on any atom is 0.251 e. The molecule has 5 aromatic rings. The lowest BCUT2D eigenvalue weighted by Crippen LogP contribution is -2.36. The first-order valence-corrected chi connectivity index (χ1v) is 12.0. The summed E-state index contributed by atoms with van der Waals surface area (Å²) in [5.41, 5.74) is 4.86. The summed E-state index contributed by atoms with van der Waals surface area (Å²) in [6.07, 6.45) is 4.33. The number of nitrogens with one attached hydrogen (secondary N) is 1. The lowest BCUT2D eigenvalue weighted by molar-refractivity contribution is 0.0946. The number of fused-ring (bicyclic) bond motifs is 1. The van der Waals surface area contributed by atoms with Crippen LogP contribution in [-0.2, 0) is 13.0 Å².